The maximum Gasteiger partial charge on any atom is 0.371 e. The predicted octanol–water partition coefficient (Wildman–Crippen LogP) is 3.95. The molecule has 4 heteroatoms. The molecule has 0 unspecified atom stereocenters. The number of ether oxygens (including phenoxy) is 1. The molecule has 0 atom stereocenters. The van der Waals surface area contributed by atoms with Crippen molar-refractivity contribution in [3.8, 4) is 5.75 Å². The summed E-state index contributed by atoms with van der Waals surface area (Å²) >= 11 is 3.31. The van der Waals surface area contributed by atoms with Crippen LogP contribution in [0.15, 0.2) is 64.8 Å². The van der Waals surface area contributed by atoms with E-state index in [1.54, 1.807) is 24.3 Å². The third-order valence-corrected chi connectivity index (χ3v) is 2.88. The van der Waals surface area contributed by atoms with Gasteiger partial charge in [-0.15, -0.1) is 0 Å². The fraction of sp³-hybridized carbons (Fsp3) is 0. The van der Waals surface area contributed by atoms with Gasteiger partial charge in [-0.25, -0.2) is 4.79 Å². The van der Waals surface area contributed by atoms with Gasteiger partial charge in [0.15, 0.2) is 0 Å². The van der Waals surface area contributed by atoms with Gasteiger partial charge < -0.3 is 9.84 Å². The Bertz CT molecular complexity index is 589. The molecule has 0 aliphatic carbocycles. The lowest BCUT2D eigenvalue weighted by molar-refractivity contribution is -0.134. The second kappa shape index (κ2) is 6.20. The highest BCUT2D eigenvalue weighted by molar-refractivity contribution is 9.10. The number of carbonyl (C=O) groups is 1. The third-order valence-electron chi connectivity index (χ3n) is 2.35. The molecule has 0 saturated carbocycles. The molecule has 0 fully saturated rings. The Morgan fingerprint density at radius 2 is 1.68 bits per heavy atom. The molecule has 0 bridgehead atoms. The number of hydrogen-bond acceptors (Lipinski definition) is 2. The van der Waals surface area contributed by atoms with Crippen LogP contribution >= 0.6 is 15.9 Å². The number of aliphatic carboxylic acids is 1. The van der Waals surface area contributed by atoms with E-state index in [-0.39, 0.29) is 5.76 Å². The zero-order chi connectivity index (χ0) is 13.7. The zero-order valence-electron chi connectivity index (χ0n) is 9.92. The summed E-state index contributed by atoms with van der Waals surface area (Å²) in [5.41, 5.74) is 0.775. The summed E-state index contributed by atoms with van der Waals surface area (Å²) in [6.45, 7) is 0. The Morgan fingerprint density at radius 3 is 2.26 bits per heavy atom. The first kappa shape index (κ1) is 13.4. The lowest BCUT2D eigenvalue weighted by Crippen LogP contribution is -2.07. The van der Waals surface area contributed by atoms with Crippen LogP contribution < -0.4 is 4.74 Å². The van der Waals surface area contributed by atoms with Gasteiger partial charge in [-0.3, -0.25) is 0 Å². The number of benzene rings is 2. The van der Waals surface area contributed by atoms with Crippen molar-refractivity contribution in [2.45, 2.75) is 0 Å². The Hall–Kier alpha value is -2.07. The third kappa shape index (κ3) is 3.96. The number of carboxylic acids is 1. The van der Waals surface area contributed by atoms with Crippen LogP contribution in [0.5, 0.6) is 5.75 Å². The smallest absolute Gasteiger partial charge is 0.371 e. The summed E-state index contributed by atoms with van der Waals surface area (Å²) < 4.78 is 6.28. The molecule has 96 valence electrons. The van der Waals surface area contributed by atoms with E-state index in [0.717, 1.165) is 10.0 Å². The van der Waals surface area contributed by atoms with Crippen molar-refractivity contribution in [1.29, 1.82) is 0 Å². The minimum absolute atomic E-state index is 0.117. The molecule has 3 nitrogen and oxygen atoms in total. The van der Waals surface area contributed by atoms with Gasteiger partial charge in [-0.2, -0.15) is 0 Å². The molecule has 2 aromatic rings. The summed E-state index contributed by atoms with van der Waals surface area (Å²) in [4.78, 5) is 11.2. The average Bonchev–Trinajstić information content (AvgIpc) is 2.41. The van der Waals surface area contributed by atoms with Gasteiger partial charge in [-0.05, 0) is 35.9 Å². The maximum absolute atomic E-state index is 11.2. The molecule has 0 amide bonds. The van der Waals surface area contributed by atoms with Crippen LogP contribution in [-0.4, -0.2) is 11.1 Å². The minimum Gasteiger partial charge on any atom is -0.475 e. The quantitative estimate of drug-likeness (QED) is 0.685. The first-order valence-corrected chi connectivity index (χ1v) is 6.38. The summed E-state index contributed by atoms with van der Waals surface area (Å²) in [6.07, 6.45) is 1.49. The number of hydrogen-bond donors (Lipinski definition) is 1. The van der Waals surface area contributed by atoms with Crippen molar-refractivity contribution in [2.24, 2.45) is 0 Å². The number of rotatable bonds is 4. The van der Waals surface area contributed by atoms with E-state index in [9.17, 15) is 4.79 Å². The van der Waals surface area contributed by atoms with Crippen molar-refractivity contribution in [1.82, 2.24) is 0 Å². The molecule has 0 saturated heterocycles. The molecular formula is C15H11BrO3. The van der Waals surface area contributed by atoms with E-state index in [1.807, 2.05) is 30.3 Å². The number of carboxylic acid groups (broad SMARTS) is 1. The molecule has 0 spiro atoms. The Morgan fingerprint density at radius 1 is 1.05 bits per heavy atom. The molecule has 0 aliphatic heterocycles. The average molecular weight is 319 g/mol. The van der Waals surface area contributed by atoms with E-state index in [2.05, 4.69) is 15.9 Å². The van der Waals surface area contributed by atoms with E-state index in [0.29, 0.717) is 5.75 Å². The largest absolute Gasteiger partial charge is 0.475 e. The van der Waals surface area contributed by atoms with Gasteiger partial charge >= 0.3 is 5.97 Å². The van der Waals surface area contributed by atoms with Crippen molar-refractivity contribution in [3.05, 3.63) is 70.4 Å². The highest BCUT2D eigenvalue weighted by Crippen LogP contribution is 2.19. The Labute approximate surface area is 119 Å². The van der Waals surface area contributed by atoms with Gasteiger partial charge in [0, 0.05) is 4.47 Å². The Kier molecular flexibility index (Phi) is 4.36. The van der Waals surface area contributed by atoms with Crippen LogP contribution in [0, 0.1) is 0 Å². The summed E-state index contributed by atoms with van der Waals surface area (Å²) in [6, 6.07) is 16.2. The van der Waals surface area contributed by atoms with E-state index < -0.39 is 5.97 Å². The van der Waals surface area contributed by atoms with Gasteiger partial charge in [-0.1, -0.05) is 46.3 Å². The summed E-state index contributed by atoms with van der Waals surface area (Å²) in [5.74, 6) is -0.743. The zero-order valence-corrected chi connectivity index (χ0v) is 11.5. The van der Waals surface area contributed by atoms with Gasteiger partial charge in [0.2, 0.25) is 5.76 Å². The molecule has 0 aromatic heterocycles. The number of halogens is 1. The van der Waals surface area contributed by atoms with Crippen LogP contribution in [-0.2, 0) is 4.79 Å². The molecule has 0 radical (unpaired) electrons. The predicted molar refractivity (Wildman–Crippen MR) is 76.8 cm³/mol. The van der Waals surface area contributed by atoms with Gasteiger partial charge in [0.05, 0.1) is 0 Å². The lowest BCUT2D eigenvalue weighted by atomic mass is 10.2. The molecule has 1 N–H and O–H groups in total. The molecule has 0 aliphatic rings. The topological polar surface area (TPSA) is 46.5 Å². The molecule has 0 heterocycles. The van der Waals surface area contributed by atoms with E-state index in [1.165, 1.54) is 6.08 Å². The fourth-order valence-corrected chi connectivity index (χ4v) is 1.73. The normalized spacial score (nSPS) is 11.1. The maximum atomic E-state index is 11.2. The molecule has 2 aromatic carbocycles. The van der Waals surface area contributed by atoms with Crippen LogP contribution in [0.1, 0.15) is 5.56 Å². The standard InChI is InChI=1S/C15H11BrO3/c16-12-6-8-13(9-7-12)19-14(15(17)18)10-11-4-2-1-3-5-11/h1-10H,(H,17,18)/b14-10-. The van der Waals surface area contributed by atoms with Gasteiger partial charge in [0.25, 0.3) is 0 Å². The second-order valence-electron chi connectivity index (χ2n) is 3.78. The molecule has 19 heavy (non-hydrogen) atoms. The van der Waals surface area contributed by atoms with Crippen molar-refractivity contribution < 1.29 is 14.6 Å². The monoisotopic (exact) mass is 318 g/mol. The van der Waals surface area contributed by atoms with Crippen LogP contribution in [0.25, 0.3) is 6.08 Å². The first-order chi connectivity index (χ1) is 9.15. The van der Waals surface area contributed by atoms with Crippen molar-refractivity contribution >= 4 is 28.0 Å². The first-order valence-electron chi connectivity index (χ1n) is 5.58. The fourth-order valence-electron chi connectivity index (χ4n) is 1.47. The molecular weight excluding hydrogens is 308 g/mol. The highest BCUT2D eigenvalue weighted by Gasteiger charge is 2.10. The second-order valence-corrected chi connectivity index (χ2v) is 4.70. The minimum atomic E-state index is -1.10. The van der Waals surface area contributed by atoms with Crippen molar-refractivity contribution in [2.75, 3.05) is 0 Å². The lowest BCUT2D eigenvalue weighted by Gasteiger charge is -2.06. The SMILES string of the molecule is O=C(O)/C(=C/c1ccccc1)Oc1ccc(Br)cc1. The van der Waals surface area contributed by atoms with E-state index in [4.69, 9.17) is 9.84 Å². The summed E-state index contributed by atoms with van der Waals surface area (Å²) in [7, 11) is 0. The molecule has 2 rings (SSSR count). The highest BCUT2D eigenvalue weighted by atomic mass is 79.9. The van der Waals surface area contributed by atoms with E-state index >= 15 is 0 Å². The van der Waals surface area contributed by atoms with Crippen LogP contribution in [0.2, 0.25) is 0 Å². The van der Waals surface area contributed by atoms with Gasteiger partial charge in [0.1, 0.15) is 5.75 Å². The van der Waals surface area contributed by atoms with Crippen LogP contribution in [0.4, 0.5) is 0 Å². The Balaban J connectivity index is 2.24. The summed E-state index contributed by atoms with van der Waals surface area (Å²) in [5, 5.41) is 9.15. The van der Waals surface area contributed by atoms with Crippen molar-refractivity contribution in [3.63, 3.8) is 0 Å². The van der Waals surface area contributed by atoms with Crippen LogP contribution in [0.3, 0.4) is 0 Å².